The highest BCUT2D eigenvalue weighted by Crippen LogP contribution is 2.41. The first-order chi connectivity index (χ1) is 8.35. The van der Waals surface area contributed by atoms with Gasteiger partial charge in [0.1, 0.15) is 6.54 Å². The molecule has 0 unspecified atom stereocenters. The Labute approximate surface area is 129 Å². The van der Waals surface area contributed by atoms with Crippen LogP contribution in [0.25, 0.3) is 0 Å². The van der Waals surface area contributed by atoms with Crippen LogP contribution in [0.2, 0.25) is 5.02 Å². The van der Waals surface area contributed by atoms with Crippen molar-refractivity contribution in [2.45, 2.75) is 3.12 Å². The lowest BCUT2D eigenvalue weighted by molar-refractivity contribution is 0.0882. The molecule has 96 valence electrons. The van der Waals surface area contributed by atoms with Gasteiger partial charge in [-0.2, -0.15) is 5.26 Å². The maximum absolute atomic E-state index is 12.1. The quantitative estimate of drug-likeness (QED) is 0.467. The minimum atomic E-state index is -1.73. The van der Waals surface area contributed by atoms with Gasteiger partial charge < -0.3 is 0 Å². The smallest absolute Gasteiger partial charge is 0.266 e. The molecule has 0 aliphatic heterocycles. The molecule has 0 aliphatic rings. The van der Waals surface area contributed by atoms with E-state index in [0.29, 0.717) is 11.9 Å². The van der Waals surface area contributed by atoms with Crippen LogP contribution < -0.4 is 0 Å². The fourth-order valence-electron chi connectivity index (χ4n) is 1.10. The molecule has 0 fully saturated rings. The SMILES string of the molecule is N#CCN(SC(Cl)(Cl)Cl)C(=O)c1ccccc1Cl. The first-order valence-electron chi connectivity index (χ1n) is 4.54. The Balaban J connectivity index is 2.97. The molecule has 0 spiro atoms. The monoisotopic (exact) mass is 342 g/mol. The summed E-state index contributed by atoms with van der Waals surface area (Å²) < 4.78 is -0.679. The highest BCUT2D eigenvalue weighted by molar-refractivity contribution is 8.03. The summed E-state index contributed by atoms with van der Waals surface area (Å²) in [7, 11) is 0. The van der Waals surface area contributed by atoms with Crippen LogP contribution in [-0.4, -0.2) is 19.9 Å². The largest absolute Gasteiger partial charge is 0.268 e. The van der Waals surface area contributed by atoms with Gasteiger partial charge in [0.25, 0.3) is 9.03 Å². The Hall–Kier alpha value is -0.310. The Morgan fingerprint density at radius 1 is 1.39 bits per heavy atom. The van der Waals surface area contributed by atoms with Gasteiger partial charge in [-0.1, -0.05) is 58.5 Å². The minimum Gasteiger partial charge on any atom is -0.268 e. The second-order valence-electron chi connectivity index (χ2n) is 3.02. The molecule has 0 saturated heterocycles. The normalized spacial score (nSPS) is 10.8. The third-order valence-electron chi connectivity index (χ3n) is 1.76. The predicted octanol–water partition coefficient (Wildman–Crippen LogP) is 4.28. The molecule has 1 amide bonds. The van der Waals surface area contributed by atoms with E-state index in [-0.39, 0.29) is 17.1 Å². The molecule has 0 N–H and O–H groups in total. The van der Waals surface area contributed by atoms with Crippen LogP contribution >= 0.6 is 58.4 Å². The lowest BCUT2D eigenvalue weighted by Crippen LogP contribution is -2.27. The number of nitriles is 1. The highest BCUT2D eigenvalue weighted by Gasteiger charge is 2.29. The molecule has 3 nitrogen and oxygen atoms in total. The topological polar surface area (TPSA) is 44.1 Å². The van der Waals surface area contributed by atoms with Crippen LogP contribution in [0.5, 0.6) is 0 Å². The van der Waals surface area contributed by atoms with Gasteiger partial charge in [0, 0.05) is 11.9 Å². The molecule has 18 heavy (non-hydrogen) atoms. The summed E-state index contributed by atoms with van der Waals surface area (Å²) >= 11 is 23.3. The van der Waals surface area contributed by atoms with E-state index in [1.165, 1.54) is 6.07 Å². The average Bonchev–Trinajstić information content (AvgIpc) is 2.26. The standard InChI is InChI=1S/C10H6Cl4N2OS/c11-8-4-2-1-3-7(8)9(17)16(6-5-15)18-10(12,13)14/h1-4H,6H2. The van der Waals surface area contributed by atoms with Gasteiger partial charge >= 0.3 is 0 Å². The van der Waals surface area contributed by atoms with Crippen LogP contribution in [-0.2, 0) is 0 Å². The molecule has 0 heterocycles. The van der Waals surface area contributed by atoms with Crippen LogP contribution in [0.3, 0.4) is 0 Å². The van der Waals surface area contributed by atoms with Crippen LogP contribution in [0.1, 0.15) is 10.4 Å². The molecule has 0 bridgehead atoms. The summed E-state index contributed by atoms with van der Waals surface area (Å²) in [5.74, 6) is -0.488. The van der Waals surface area contributed by atoms with Gasteiger partial charge in [0.15, 0.2) is 0 Å². The number of hydrogen-bond acceptors (Lipinski definition) is 3. The van der Waals surface area contributed by atoms with Gasteiger partial charge in [0.05, 0.1) is 16.7 Å². The van der Waals surface area contributed by atoms with Crippen molar-refractivity contribution in [1.29, 1.82) is 5.26 Å². The molecule has 8 heteroatoms. The lowest BCUT2D eigenvalue weighted by Gasteiger charge is -2.22. The zero-order chi connectivity index (χ0) is 13.8. The fraction of sp³-hybridized carbons (Fsp3) is 0.200. The van der Waals surface area contributed by atoms with E-state index in [0.717, 1.165) is 4.31 Å². The Morgan fingerprint density at radius 3 is 2.50 bits per heavy atom. The Morgan fingerprint density at radius 2 is 2.00 bits per heavy atom. The molecule has 1 rings (SSSR count). The van der Waals surface area contributed by atoms with E-state index in [2.05, 4.69) is 0 Å². The fourth-order valence-corrected chi connectivity index (χ4v) is 2.62. The second kappa shape index (κ2) is 6.74. The zero-order valence-corrected chi connectivity index (χ0v) is 12.6. The number of alkyl halides is 3. The van der Waals surface area contributed by atoms with Crippen molar-refractivity contribution in [2.24, 2.45) is 0 Å². The Bertz CT molecular complexity index is 484. The molecule has 1 aromatic rings. The van der Waals surface area contributed by atoms with Crippen LogP contribution in [0.15, 0.2) is 24.3 Å². The van der Waals surface area contributed by atoms with Gasteiger partial charge in [-0.05, 0) is 12.1 Å². The number of carbonyl (C=O) groups excluding carboxylic acids is 1. The number of halogens is 4. The Kier molecular flexibility index (Phi) is 5.90. The molecule has 0 saturated carbocycles. The molecule has 0 aliphatic carbocycles. The molecule has 1 aromatic carbocycles. The maximum Gasteiger partial charge on any atom is 0.266 e. The van der Waals surface area contributed by atoms with E-state index in [1.54, 1.807) is 18.2 Å². The summed E-state index contributed by atoms with van der Waals surface area (Å²) in [4.78, 5) is 12.1. The van der Waals surface area contributed by atoms with Gasteiger partial charge in [-0.3, -0.25) is 9.10 Å². The molecular formula is C10H6Cl4N2OS. The van der Waals surface area contributed by atoms with Crippen LogP contribution in [0, 0.1) is 11.3 Å². The number of nitrogens with zero attached hydrogens (tertiary/aromatic N) is 2. The third-order valence-corrected chi connectivity index (χ3v) is 3.43. The maximum atomic E-state index is 12.1. The van der Waals surface area contributed by atoms with Crippen molar-refractivity contribution < 1.29 is 4.79 Å². The van der Waals surface area contributed by atoms with Crippen molar-refractivity contribution >= 4 is 64.3 Å². The molecule has 0 aromatic heterocycles. The summed E-state index contributed by atoms with van der Waals surface area (Å²) in [6, 6.07) is 8.28. The summed E-state index contributed by atoms with van der Waals surface area (Å²) in [6.07, 6.45) is 0. The minimum absolute atomic E-state index is 0.220. The number of carbonyl (C=O) groups is 1. The summed E-state index contributed by atoms with van der Waals surface area (Å²) in [5, 5.41) is 8.95. The van der Waals surface area contributed by atoms with Crippen molar-refractivity contribution in [2.75, 3.05) is 6.54 Å². The van der Waals surface area contributed by atoms with Crippen molar-refractivity contribution in [1.82, 2.24) is 4.31 Å². The number of benzene rings is 1. The van der Waals surface area contributed by atoms with Gasteiger partial charge in [-0.15, -0.1) is 0 Å². The number of rotatable bonds is 3. The van der Waals surface area contributed by atoms with Crippen molar-refractivity contribution in [3.05, 3.63) is 34.9 Å². The molecular weight excluding hydrogens is 338 g/mol. The van der Waals surface area contributed by atoms with Crippen LogP contribution in [0.4, 0.5) is 0 Å². The third kappa shape index (κ3) is 4.75. The van der Waals surface area contributed by atoms with E-state index in [4.69, 9.17) is 51.7 Å². The highest BCUT2D eigenvalue weighted by atomic mass is 35.6. The lowest BCUT2D eigenvalue weighted by atomic mass is 10.2. The first-order valence-corrected chi connectivity index (χ1v) is 6.83. The summed E-state index contributed by atoms with van der Waals surface area (Å²) in [6.45, 7) is -0.220. The van der Waals surface area contributed by atoms with Crippen molar-refractivity contribution in [3.63, 3.8) is 0 Å². The van der Waals surface area contributed by atoms with E-state index >= 15 is 0 Å². The second-order valence-corrected chi connectivity index (χ2v) is 7.61. The van der Waals surface area contributed by atoms with E-state index in [1.807, 2.05) is 6.07 Å². The van der Waals surface area contributed by atoms with E-state index < -0.39 is 9.03 Å². The predicted molar refractivity (Wildman–Crippen MR) is 76.0 cm³/mol. The average molecular weight is 344 g/mol. The number of amides is 1. The zero-order valence-electron chi connectivity index (χ0n) is 8.74. The van der Waals surface area contributed by atoms with Gasteiger partial charge in [-0.25, -0.2) is 0 Å². The van der Waals surface area contributed by atoms with Crippen molar-refractivity contribution in [3.8, 4) is 6.07 Å². The molecule has 0 atom stereocenters. The summed E-state index contributed by atoms with van der Waals surface area (Å²) in [5.41, 5.74) is 0.246. The first kappa shape index (κ1) is 15.7. The molecule has 0 radical (unpaired) electrons. The van der Waals surface area contributed by atoms with E-state index in [9.17, 15) is 4.79 Å². The van der Waals surface area contributed by atoms with Gasteiger partial charge in [0.2, 0.25) is 0 Å². The number of hydrogen-bond donors (Lipinski definition) is 0.